The van der Waals surface area contributed by atoms with Gasteiger partial charge in [-0.2, -0.15) is 0 Å². The van der Waals surface area contributed by atoms with Gasteiger partial charge in [0.2, 0.25) is 0 Å². The van der Waals surface area contributed by atoms with Gasteiger partial charge < -0.3 is 9.90 Å². The zero-order chi connectivity index (χ0) is 18.5. The van der Waals surface area contributed by atoms with Crippen molar-refractivity contribution in [2.24, 2.45) is 5.92 Å². The van der Waals surface area contributed by atoms with E-state index in [2.05, 4.69) is 31.2 Å². The second-order valence-electron chi connectivity index (χ2n) is 7.50. The van der Waals surface area contributed by atoms with Crippen molar-refractivity contribution in [1.82, 2.24) is 0 Å². The van der Waals surface area contributed by atoms with E-state index in [9.17, 15) is 9.90 Å². The number of hydrogen-bond donors (Lipinski definition) is 1. The third-order valence-corrected chi connectivity index (χ3v) is 5.41. The molecular formula is C24H28O2. The number of Topliss-reactive ketones (excluding diaryl/α,β-unsaturated/α-hetero) is 1. The van der Waals surface area contributed by atoms with Gasteiger partial charge in [-0.3, -0.25) is 0 Å². The smallest absolute Gasteiger partial charge is 0.130 e. The van der Waals surface area contributed by atoms with Crippen molar-refractivity contribution in [3.8, 4) is 5.75 Å². The van der Waals surface area contributed by atoms with Crippen LogP contribution in [0.2, 0.25) is 0 Å². The van der Waals surface area contributed by atoms with E-state index in [1.54, 1.807) is 19.1 Å². The van der Waals surface area contributed by atoms with E-state index in [0.29, 0.717) is 12.3 Å². The van der Waals surface area contributed by atoms with Crippen LogP contribution in [0, 0.1) is 12.8 Å². The van der Waals surface area contributed by atoms with Crippen molar-refractivity contribution in [3.05, 3.63) is 70.8 Å². The topological polar surface area (TPSA) is 37.3 Å². The summed E-state index contributed by atoms with van der Waals surface area (Å²) in [6.07, 6.45) is 6.38. The molecule has 1 aliphatic rings. The van der Waals surface area contributed by atoms with Crippen LogP contribution in [0.3, 0.4) is 0 Å². The highest BCUT2D eigenvalue weighted by Crippen LogP contribution is 2.40. The predicted octanol–water partition coefficient (Wildman–Crippen LogP) is 6.06. The number of rotatable bonds is 6. The van der Waals surface area contributed by atoms with Crippen molar-refractivity contribution >= 4 is 11.4 Å². The molecule has 1 aliphatic carbocycles. The van der Waals surface area contributed by atoms with Gasteiger partial charge >= 0.3 is 0 Å². The highest BCUT2D eigenvalue weighted by molar-refractivity contribution is 5.83. The van der Waals surface area contributed by atoms with Crippen LogP contribution in [-0.4, -0.2) is 10.9 Å². The fourth-order valence-electron chi connectivity index (χ4n) is 4.00. The molecule has 2 aromatic carbocycles. The summed E-state index contributed by atoms with van der Waals surface area (Å²) >= 11 is 0. The van der Waals surface area contributed by atoms with Crippen LogP contribution in [0.5, 0.6) is 5.75 Å². The van der Waals surface area contributed by atoms with E-state index < -0.39 is 0 Å². The van der Waals surface area contributed by atoms with Crippen LogP contribution >= 0.6 is 0 Å². The summed E-state index contributed by atoms with van der Waals surface area (Å²) in [6, 6.07) is 16.1. The standard InChI is InChI=1S/C24H28O2/c1-17-7-10-20(11-8-17)24(21-12-14-22(26)15-13-21)23(16-9-18(2)25)19-5-3-4-6-19/h7-8,10-15,19,26H,3-6,9,16H2,1-2H3/b24-23+. The van der Waals surface area contributed by atoms with Gasteiger partial charge in [0.15, 0.2) is 0 Å². The van der Waals surface area contributed by atoms with Crippen LogP contribution < -0.4 is 0 Å². The maximum atomic E-state index is 11.7. The van der Waals surface area contributed by atoms with Crippen LogP contribution in [-0.2, 0) is 4.79 Å². The van der Waals surface area contributed by atoms with Crippen LogP contribution in [0.4, 0.5) is 0 Å². The minimum absolute atomic E-state index is 0.245. The first kappa shape index (κ1) is 18.4. The van der Waals surface area contributed by atoms with Gasteiger partial charge in [0.1, 0.15) is 11.5 Å². The molecule has 0 heterocycles. The second kappa shape index (κ2) is 8.35. The van der Waals surface area contributed by atoms with Crippen LogP contribution in [0.15, 0.2) is 54.1 Å². The lowest BCUT2D eigenvalue weighted by atomic mass is 9.83. The van der Waals surface area contributed by atoms with Crippen molar-refractivity contribution in [1.29, 1.82) is 0 Å². The number of aromatic hydroxyl groups is 1. The number of carbonyl (C=O) groups is 1. The highest BCUT2D eigenvalue weighted by Gasteiger charge is 2.24. The summed E-state index contributed by atoms with van der Waals surface area (Å²) in [4.78, 5) is 11.7. The summed E-state index contributed by atoms with van der Waals surface area (Å²) < 4.78 is 0. The molecule has 0 atom stereocenters. The number of allylic oxidation sites excluding steroid dienone is 1. The zero-order valence-corrected chi connectivity index (χ0v) is 15.8. The molecule has 2 nitrogen and oxygen atoms in total. The van der Waals surface area contributed by atoms with E-state index in [1.807, 2.05) is 12.1 Å². The van der Waals surface area contributed by atoms with E-state index in [1.165, 1.54) is 48.0 Å². The molecule has 1 N–H and O–H groups in total. The number of aryl methyl sites for hydroxylation is 1. The molecular weight excluding hydrogens is 320 g/mol. The Morgan fingerprint density at radius 2 is 1.46 bits per heavy atom. The maximum absolute atomic E-state index is 11.7. The number of hydrogen-bond acceptors (Lipinski definition) is 2. The molecule has 26 heavy (non-hydrogen) atoms. The van der Waals surface area contributed by atoms with E-state index in [4.69, 9.17) is 0 Å². The quantitative estimate of drug-likeness (QED) is 0.688. The Balaban J connectivity index is 2.15. The lowest BCUT2D eigenvalue weighted by Gasteiger charge is -2.22. The SMILES string of the molecule is CC(=O)CC/C(=C(/c1ccc(C)cc1)c1ccc(O)cc1)C1CCCC1. The Morgan fingerprint density at radius 1 is 0.923 bits per heavy atom. The largest absolute Gasteiger partial charge is 0.508 e. The van der Waals surface area contributed by atoms with Gasteiger partial charge in [0.25, 0.3) is 0 Å². The fraction of sp³-hybridized carbons (Fsp3) is 0.375. The Bertz CT molecular complexity index is 728. The Morgan fingerprint density at radius 3 is 2.00 bits per heavy atom. The monoisotopic (exact) mass is 348 g/mol. The van der Waals surface area contributed by atoms with Crippen molar-refractivity contribution in [2.75, 3.05) is 0 Å². The molecule has 0 spiro atoms. The normalized spacial score (nSPS) is 15.8. The lowest BCUT2D eigenvalue weighted by Crippen LogP contribution is -2.06. The minimum Gasteiger partial charge on any atom is -0.508 e. The summed E-state index contributed by atoms with van der Waals surface area (Å²) in [6.45, 7) is 3.78. The molecule has 1 fully saturated rings. The number of benzene rings is 2. The van der Waals surface area contributed by atoms with Crippen molar-refractivity contribution in [3.63, 3.8) is 0 Å². The molecule has 0 aromatic heterocycles. The van der Waals surface area contributed by atoms with Crippen LogP contribution in [0.1, 0.15) is 62.1 Å². The van der Waals surface area contributed by atoms with Crippen molar-refractivity contribution in [2.45, 2.75) is 52.4 Å². The Hall–Kier alpha value is -2.35. The molecule has 0 amide bonds. The summed E-state index contributed by atoms with van der Waals surface area (Å²) in [5, 5.41) is 9.71. The molecule has 0 saturated heterocycles. The number of ketones is 1. The van der Waals surface area contributed by atoms with Crippen molar-refractivity contribution < 1.29 is 9.90 Å². The van der Waals surface area contributed by atoms with Gasteiger partial charge in [-0.15, -0.1) is 0 Å². The third-order valence-electron chi connectivity index (χ3n) is 5.41. The van der Waals surface area contributed by atoms with Gasteiger partial charge in [0.05, 0.1) is 0 Å². The van der Waals surface area contributed by atoms with Gasteiger partial charge in [-0.05, 0) is 67.9 Å². The number of phenols is 1. The lowest BCUT2D eigenvalue weighted by molar-refractivity contribution is -0.117. The molecule has 2 aromatic rings. The average Bonchev–Trinajstić information content (AvgIpc) is 3.15. The molecule has 0 unspecified atom stereocenters. The first-order valence-electron chi connectivity index (χ1n) is 9.63. The fourth-order valence-corrected chi connectivity index (χ4v) is 4.00. The number of carbonyl (C=O) groups excluding carboxylic acids is 1. The molecule has 1 saturated carbocycles. The van der Waals surface area contributed by atoms with Crippen LogP contribution in [0.25, 0.3) is 5.57 Å². The van der Waals surface area contributed by atoms with E-state index >= 15 is 0 Å². The first-order valence-corrected chi connectivity index (χ1v) is 9.63. The Kier molecular flexibility index (Phi) is 5.92. The Labute approximate surface area is 156 Å². The van der Waals surface area contributed by atoms with Gasteiger partial charge in [0, 0.05) is 6.42 Å². The molecule has 3 rings (SSSR count). The van der Waals surface area contributed by atoms with Gasteiger partial charge in [-0.25, -0.2) is 0 Å². The average molecular weight is 348 g/mol. The molecule has 0 bridgehead atoms. The predicted molar refractivity (Wildman–Crippen MR) is 107 cm³/mol. The molecule has 136 valence electrons. The molecule has 0 aliphatic heterocycles. The minimum atomic E-state index is 0.245. The third kappa shape index (κ3) is 4.43. The highest BCUT2D eigenvalue weighted by atomic mass is 16.3. The molecule has 2 heteroatoms. The van der Waals surface area contributed by atoms with Gasteiger partial charge in [-0.1, -0.05) is 60.4 Å². The first-order chi connectivity index (χ1) is 12.5. The van der Waals surface area contributed by atoms with E-state index in [-0.39, 0.29) is 11.5 Å². The maximum Gasteiger partial charge on any atom is 0.130 e. The van der Waals surface area contributed by atoms with E-state index in [0.717, 1.165) is 12.0 Å². The second-order valence-corrected chi connectivity index (χ2v) is 7.50. The molecule has 0 radical (unpaired) electrons. The zero-order valence-electron chi connectivity index (χ0n) is 15.8. The number of phenolic OH excluding ortho intramolecular Hbond substituents is 1. The summed E-state index contributed by atoms with van der Waals surface area (Å²) in [5.74, 6) is 1.08. The summed E-state index contributed by atoms with van der Waals surface area (Å²) in [5.41, 5.74) is 6.22. The summed E-state index contributed by atoms with van der Waals surface area (Å²) in [7, 11) is 0.